The van der Waals surface area contributed by atoms with Crippen molar-refractivity contribution in [2.45, 2.75) is 56.8 Å². The Balaban J connectivity index is 1.45. The molecule has 134 valence electrons. The Labute approximate surface area is 147 Å². The van der Waals surface area contributed by atoms with Gasteiger partial charge >= 0.3 is 0 Å². The number of nitrogens with one attached hydrogen (secondary N) is 1. The van der Waals surface area contributed by atoms with Crippen LogP contribution in [0.25, 0.3) is 0 Å². The molecule has 1 aliphatic carbocycles. The van der Waals surface area contributed by atoms with Gasteiger partial charge in [0.25, 0.3) is 0 Å². The van der Waals surface area contributed by atoms with Gasteiger partial charge in [-0.2, -0.15) is 0 Å². The molecule has 1 aromatic heterocycles. The van der Waals surface area contributed by atoms with Crippen molar-refractivity contribution in [3.8, 4) is 5.88 Å². The minimum atomic E-state index is -3.30. The second-order valence-corrected chi connectivity index (χ2v) is 8.62. The van der Waals surface area contributed by atoms with Crippen LogP contribution in [0.2, 0.25) is 5.02 Å². The quantitative estimate of drug-likeness (QED) is 0.827. The van der Waals surface area contributed by atoms with Crippen LogP contribution >= 0.6 is 11.6 Å². The molecule has 0 radical (unpaired) electrons. The van der Waals surface area contributed by atoms with Gasteiger partial charge in [-0.15, -0.1) is 0 Å². The molecule has 1 saturated heterocycles. The average Bonchev–Trinajstić information content (AvgIpc) is 3.03. The van der Waals surface area contributed by atoms with Crippen molar-refractivity contribution < 1.29 is 17.9 Å². The van der Waals surface area contributed by atoms with E-state index in [-0.39, 0.29) is 24.0 Å². The first-order valence-corrected chi connectivity index (χ1v) is 10.4. The van der Waals surface area contributed by atoms with Crippen molar-refractivity contribution in [3.63, 3.8) is 0 Å². The molecule has 6 nitrogen and oxygen atoms in total. The van der Waals surface area contributed by atoms with Gasteiger partial charge in [-0.3, -0.25) is 0 Å². The predicted octanol–water partition coefficient (Wildman–Crippen LogP) is 2.52. The Morgan fingerprint density at radius 1 is 1.29 bits per heavy atom. The van der Waals surface area contributed by atoms with Gasteiger partial charge in [0, 0.05) is 18.8 Å². The average molecular weight is 375 g/mol. The Morgan fingerprint density at radius 2 is 2.08 bits per heavy atom. The summed E-state index contributed by atoms with van der Waals surface area (Å²) < 4.78 is 38.5. The van der Waals surface area contributed by atoms with Crippen LogP contribution in [0.1, 0.15) is 38.5 Å². The molecule has 1 N–H and O–H groups in total. The van der Waals surface area contributed by atoms with Gasteiger partial charge in [-0.1, -0.05) is 11.6 Å². The van der Waals surface area contributed by atoms with E-state index in [9.17, 15) is 8.42 Å². The Hall–Kier alpha value is -0.890. The lowest BCUT2D eigenvalue weighted by Gasteiger charge is -2.29. The van der Waals surface area contributed by atoms with Gasteiger partial charge in [0.05, 0.1) is 11.9 Å². The third kappa shape index (κ3) is 5.05. The van der Waals surface area contributed by atoms with Crippen molar-refractivity contribution in [3.05, 3.63) is 23.4 Å². The van der Waals surface area contributed by atoms with E-state index in [0.717, 1.165) is 38.5 Å². The van der Waals surface area contributed by atoms with E-state index >= 15 is 0 Å². The highest BCUT2D eigenvalue weighted by molar-refractivity contribution is 7.89. The summed E-state index contributed by atoms with van der Waals surface area (Å²) in [4.78, 5) is 4.13. The molecule has 8 heteroatoms. The van der Waals surface area contributed by atoms with Crippen molar-refractivity contribution >= 4 is 21.6 Å². The Bertz CT molecular complexity index is 641. The fourth-order valence-corrected chi connectivity index (χ4v) is 5.00. The van der Waals surface area contributed by atoms with Gasteiger partial charge in [0.1, 0.15) is 11.1 Å². The van der Waals surface area contributed by atoms with Crippen LogP contribution in [0, 0.1) is 0 Å². The number of rotatable bonds is 6. The first-order valence-electron chi connectivity index (χ1n) is 8.40. The summed E-state index contributed by atoms with van der Waals surface area (Å²) in [5, 5.41) is 0.497. The van der Waals surface area contributed by atoms with E-state index in [1.165, 1.54) is 0 Å². The summed E-state index contributed by atoms with van der Waals surface area (Å²) in [6.07, 6.45) is 6.33. The fraction of sp³-hybridized carbons (Fsp3) is 0.688. The molecule has 1 unspecified atom stereocenters. The summed E-state index contributed by atoms with van der Waals surface area (Å²) in [6.45, 7) is 0.665. The molecule has 2 aliphatic rings. The zero-order chi connectivity index (χ0) is 17.0. The van der Waals surface area contributed by atoms with E-state index in [1.54, 1.807) is 18.3 Å². The molecule has 3 rings (SSSR count). The Morgan fingerprint density at radius 3 is 2.75 bits per heavy atom. The minimum absolute atomic E-state index is 0.0244. The molecule has 0 spiro atoms. The highest BCUT2D eigenvalue weighted by atomic mass is 35.5. The van der Waals surface area contributed by atoms with Crippen LogP contribution in [0.3, 0.4) is 0 Å². The third-order valence-corrected chi connectivity index (χ3v) is 6.24. The molecule has 2 heterocycles. The molecule has 2 fully saturated rings. The number of ether oxygens (including phenoxy) is 2. The first kappa shape index (κ1) is 17.9. The molecule has 0 aromatic carbocycles. The lowest BCUT2D eigenvalue weighted by atomic mass is 9.94. The highest BCUT2D eigenvalue weighted by Crippen LogP contribution is 2.27. The van der Waals surface area contributed by atoms with E-state index < -0.39 is 10.0 Å². The van der Waals surface area contributed by atoms with Crippen molar-refractivity contribution in [2.24, 2.45) is 0 Å². The number of sulfonamides is 1. The van der Waals surface area contributed by atoms with E-state index in [0.29, 0.717) is 17.5 Å². The lowest BCUT2D eigenvalue weighted by Crippen LogP contribution is -2.42. The van der Waals surface area contributed by atoms with Gasteiger partial charge < -0.3 is 9.47 Å². The molecule has 0 bridgehead atoms. The number of pyridine rings is 1. The standard InChI is InChI=1S/C16H23ClN2O4S/c17-15-4-1-9-18-16(15)23-13-7-5-12(6-8-13)19-24(20,21)11-14-3-2-10-22-14/h1,4,9,12-14,19H,2-3,5-8,10-11H2. The maximum atomic E-state index is 12.2. The van der Waals surface area contributed by atoms with E-state index in [1.807, 2.05) is 0 Å². The topological polar surface area (TPSA) is 77.5 Å². The number of aromatic nitrogens is 1. The van der Waals surface area contributed by atoms with Crippen molar-refractivity contribution in [1.82, 2.24) is 9.71 Å². The maximum Gasteiger partial charge on any atom is 0.232 e. The summed E-state index contributed by atoms with van der Waals surface area (Å²) in [5.41, 5.74) is 0. The van der Waals surface area contributed by atoms with Gasteiger partial charge in [-0.25, -0.2) is 18.1 Å². The second-order valence-electron chi connectivity index (χ2n) is 6.42. The van der Waals surface area contributed by atoms with Crippen molar-refractivity contribution in [1.29, 1.82) is 0 Å². The van der Waals surface area contributed by atoms with Crippen LogP contribution in [0.15, 0.2) is 18.3 Å². The molecular weight excluding hydrogens is 352 g/mol. The number of halogens is 1. The van der Waals surface area contributed by atoms with E-state index in [4.69, 9.17) is 21.1 Å². The van der Waals surface area contributed by atoms with Gasteiger partial charge in [0.2, 0.25) is 15.9 Å². The number of nitrogens with zero attached hydrogens (tertiary/aromatic N) is 1. The van der Waals surface area contributed by atoms with Crippen molar-refractivity contribution in [2.75, 3.05) is 12.4 Å². The summed E-state index contributed by atoms with van der Waals surface area (Å²) >= 11 is 6.05. The van der Waals surface area contributed by atoms with Gasteiger partial charge in [0.15, 0.2) is 0 Å². The molecule has 1 atom stereocenters. The second kappa shape index (κ2) is 7.99. The van der Waals surface area contributed by atoms with Crippen LogP contribution in [0.5, 0.6) is 5.88 Å². The molecule has 1 aliphatic heterocycles. The predicted molar refractivity (Wildman–Crippen MR) is 91.8 cm³/mol. The number of hydrogen-bond donors (Lipinski definition) is 1. The monoisotopic (exact) mass is 374 g/mol. The van der Waals surface area contributed by atoms with Gasteiger partial charge in [-0.05, 0) is 50.7 Å². The molecule has 1 aromatic rings. The third-order valence-electron chi connectivity index (χ3n) is 4.45. The lowest BCUT2D eigenvalue weighted by molar-refractivity contribution is 0.126. The maximum absolute atomic E-state index is 12.2. The van der Waals surface area contributed by atoms with E-state index in [2.05, 4.69) is 9.71 Å². The zero-order valence-corrected chi connectivity index (χ0v) is 15.1. The zero-order valence-electron chi connectivity index (χ0n) is 13.5. The smallest absolute Gasteiger partial charge is 0.232 e. The molecular formula is C16H23ClN2O4S. The van der Waals surface area contributed by atoms with Crippen LogP contribution in [-0.4, -0.2) is 44.0 Å². The van der Waals surface area contributed by atoms with Crippen LogP contribution in [0.4, 0.5) is 0 Å². The number of hydrogen-bond acceptors (Lipinski definition) is 5. The Kier molecular flexibility index (Phi) is 5.97. The largest absolute Gasteiger partial charge is 0.473 e. The molecule has 24 heavy (non-hydrogen) atoms. The highest BCUT2D eigenvalue weighted by Gasteiger charge is 2.29. The minimum Gasteiger partial charge on any atom is -0.473 e. The van der Waals surface area contributed by atoms with Crippen LogP contribution < -0.4 is 9.46 Å². The van der Waals surface area contributed by atoms with Crippen LogP contribution in [-0.2, 0) is 14.8 Å². The SMILES string of the molecule is O=S(=O)(CC1CCCO1)NC1CCC(Oc2ncccc2Cl)CC1. The normalized spacial score (nSPS) is 28.0. The summed E-state index contributed by atoms with van der Waals surface area (Å²) in [6, 6.07) is 3.47. The molecule has 0 amide bonds. The molecule has 1 saturated carbocycles. The fourth-order valence-electron chi connectivity index (χ4n) is 3.24. The first-order chi connectivity index (χ1) is 11.5. The summed E-state index contributed by atoms with van der Waals surface area (Å²) in [5.74, 6) is 0.508. The summed E-state index contributed by atoms with van der Waals surface area (Å²) in [7, 11) is -3.30.